The van der Waals surface area contributed by atoms with Crippen LogP contribution in [0.15, 0.2) is 41.6 Å². The molecule has 144 valence electrons. The maximum atomic E-state index is 5.71. The number of ether oxygens (including phenoxy) is 2. The molecule has 0 bridgehead atoms. The van der Waals surface area contributed by atoms with Gasteiger partial charge in [0.25, 0.3) is 0 Å². The third-order valence-corrected chi connectivity index (χ3v) is 5.29. The molecule has 1 aromatic heterocycles. The maximum absolute atomic E-state index is 5.71. The predicted octanol–water partition coefficient (Wildman–Crippen LogP) is 5.11. The summed E-state index contributed by atoms with van der Waals surface area (Å²) in [5, 5.41) is 0.898. The first-order valence-corrected chi connectivity index (χ1v) is 10.4. The van der Waals surface area contributed by atoms with Gasteiger partial charge in [-0.15, -0.1) is 0 Å². The van der Waals surface area contributed by atoms with Gasteiger partial charge in [0, 0.05) is 37.2 Å². The van der Waals surface area contributed by atoms with Crippen molar-refractivity contribution < 1.29 is 9.47 Å². The molecule has 5 nitrogen and oxygen atoms in total. The molecule has 0 radical (unpaired) electrons. The molecule has 0 saturated heterocycles. The van der Waals surface area contributed by atoms with Crippen LogP contribution in [0, 0.1) is 0 Å². The number of rotatable bonds is 9. The van der Waals surface area contributed by atoms with E-state index in [9.17, 15) is 0 Å². The molecule has 6 heteroatoms. The summed E-state index contributed by atoms with van der Waals surface area (Å²) >= 11 is 1.70. The Kier molecular flexibility index (Phi) is 6.50. The monoisotopic (exact) mass is 385 g/mol. The van der Waals surface area contributed by atoms with Crippen LogP contribution in [0.25, 0.3) is 11.0 Å². The van der Waals surface area contributed by atoms with Gasteiger partial charge >= 0.3 is 0 Å². The quantitative estimate of drug-likeness (QED) is 0.519. The van der Waals surface area contributed by atoms with E-state index in [2.05, 4.69) is 48.1 Å². The van der Waals surface area contributed by atoms with Gasteiger partial charge in [0.1, 0.15) is 0 Å². The molecule has 0 amide bonds. The van der Waals surface area contributed by atoms with E-state index in [1.165, 1.54) is 11.3 Å². The average Bonchev–Trinajstić information content (AvgIpc) is 3.08. The van der Waals surface area contributed by atoms with Gasteiger partial charge in [-0.3, -0.25) is 0 Å². The minimum atomic E-state index is 0.597. The summed E-state index contributed by atoms with van der Waals surface area (Å²) in [5.74, 6) is 2.35. The molecule has 27 heavy (non-hydrogen) atoms. The fourth-order valence-corrected chi connectivity index (χ4v) is 3.80. The smallest absolute Gasteiger partial charge is 0.166 e. The molecule has 2 aromatic carbocycles. The second kappa shape index (κ2) is 9.04. The van der Waals surface area contributed by atoms with E-state index in [1.54, 1.807) is 11.8 Å². The topological polar surface area (TPSA) is 50.4 Å². The van der Waals surface area contributed by atoms with E-state index in [0.717, 1.165) is 40.0 Å². The first kappa shape index (κ1) is 19.4. The number of nitrogens with zero attached hydrogens (tertiary/aromatic N) is 2. The molecule has 0 aliphatic rings. The number of imidazole rings is 1. The molecule has 1 N–H and O–H groups in total. The number of anilines is 1. The highest BCUT2D eigenvalue weighted by atomic mass is 32.2. The second-order valence-electron chi connectivity index (χ2n) is 6.16. The van der Waals surface area contributed by atoms with Crippen LogP contribution >= 0.6 is 11.8 Å². The highest BCUT2D eigenvalue weighted by Gasteiger charge is 2.12. The van der Waals surface area contributed by atoms with Crippen LogP contribution in [0.3, 0.4) is 0 Å². The first-order chi connectivity index (χ1) is 13.2. The first-order valence-electron chi connectivity index (χ1n) is 9.37. The summed E-state index contributed by atoms with van der Waals surface area (Å²) in [4.78, 5) is 10.4. The Labute approximate surface area is 165 Å². The number of para-hydroxylation sites is 1. The van der Waals surface area contributed by atoms with Crippen LogP contribution < -0.4 is 14.4 Å². The molecule has 0 fully saturated rings. The lowest BCUT2D eigenvalue weighted by Crippen LogP contribution is -2.17. The van der Waals surface area contributed by atoms with Gasteiger partial charge in [-0.1, -0.05) is 30.0 Å². The van der Waals surface area contributed by atoms with Gasteiger partial charge in [-0.2, -0.15) is 0 Å². The fraction of sp³-hybridized carbons (Fsp3) is 0.381. The van der Waals surface area contributed by atoms with Gasteiger partial charge in [0.15, 0.2) is 16.7 Å². The maximum Gasteiger partial charge on any atom is 0.166 e. The Balaban J connectivity index is 1.82. The van der Waals surface area contributed by atoms with E-state index in [-0.39, 0.29) is 0 Å². The largest absolute Gasteiger partial charge is 0.490 e. The van der Waals surface area contributed by atoms with Gasteiger partial charge in [-0.05, 0) is 32.4 Å². The molecule has 0 unspecified atom stereocenters. The van der Waals surface area contributed by atoms with E-state index in [4.69, 9.17) is 14.5 Å². The lowest BCUT2D eigenvalue weighted by atomic mass is 10.2. The Morgan fingerprint density at radius 3 is 2.44 bits per heavy atom. The number of benzene rings is 2. The molecule has 3 aromatic rings. The normalized spacial score (nSPS) is 11.0. The molecule has 0 atom stereocenters. The molecular formula is C21H27N3O2S. The number of thioether (sulfide) groups is 1. The molecule has 0 spiro atoms. The van der Waals surface area contributed by atoms with Crippen molar-refractivity contribution in [3.8, 4) is 11.5 Å². The Bertz CT molecular complexity index is 851. The Hall–Kier alpha value is -2.34. The van der Waals surface area contributed by atoms with Gasteiger partial charge in [-0.25, -0.2) is 4.98 Å². The van der Waals surface area contributed by atoms with Crippen LogP contribution in [-0.2, 0) is 5.75 Å². The van der Waals surface area contributed by atoms with Gasteiger partial charge in [0.2, 0.25) is 0 Å². The molecule has 0 saturated carbocycles. The Morgan fingerprint density at radius 1 is 1.04 bits per heavy atom. The lowest BCUT2D eigenvalue weighted by molar-refractivity contribution is 0.288. The van der Waals surface area contributed by atoms with E-state index in [0.29, 0.717) is 13.2 Å². The van der Waals surface area contributed by atoms with Crippen molar-refractivity contribution >= 4 is 28.5 Å². The standard InChI is InChI=1S/C21H27N3O2S/c1-5-24(4)18-11-9-8-10-15(18)14-27-21-22-16-12-19(25-6-2)20(26-7-3)13-17(16)23-21/h8-13H,5-7,14H2,1-4H3,(H,22,23). The van der Waals surface area contributed by atoms with Crippen LogP contribution in [-0.4, -0.2) is 36.8 Å². The number of aromatic amines is 1. The van der Waals surface area contributed by atoms with Crippen molar-refractivity contribution in [3.05, 3.63) is 42.0 Å². The summed E-state index contributed by atoms with van der Waals surface area (Å²) < 4.78 is 11.4. The average molecular weight is 386 g/mol. The predicted molar refractivity (Wildman–Crippen MR) is 113 cm³/mol. The SMILES string of the molecule is CCOc1cc2nc(SCc3ccccc3N(C)CC)[nH]c2cc1OCC. The number of fused-ring (bicyclic) bond motifs is 1. The van der Waals surface area contributed by atoms with Crippen LogP contribution in [0.2, 0.25) is 0 Å². The zero-order valence-electron chi connectivity index (χ0n) is 16.4. The summed E-state index contributed by atoms with van der Waals surface area (Å²) in [6.07, 6.45) is 0. The second-order valence-corrected chi connectivity index (χ2v) is 7.12. The molecule has 1 heterocycles. The van der Waals surface area contributed by atoms with Crippen molar-refractivity contribution in [1.29, 1.82) is 0 Å². The van der Waals surface area contributed by atoms with Crippen LogP contribution in [0.1, 0.15) is 26.3 Å². The summed E-state index contributed by atoms with van der Waals surface area (Å²) in [7, 11) is 2.12. The minimum Gasteiger partial charge on any atom is -0.490 e. The zero-order valence-corrected chi connectivity index (χ0v) is 17.2. The zero-order chi connectivity index (χ0) is 19.2. The minimum absolute atomic E-state index is 0.597. The van der Waals surface area contributed by atoms with Gasteiger partial charge in [0.05, 0.1) is 24.2 Å². The molecule has 0 aliphatic carbocycles. The van der Waals surface area contributed by atoms with E-state index >= 15 is 0 Å². The molecular weight excluding hydrogens is 358 g/mol. The highest BCUT2D eigenvalue weighted by molar-refractivity contribution is 7.98. The van der Waals surface area contributed by atoms with Crippen LogP contribution in [0.5, 0.6) is 11.5 Å². The van der Waals surface area contributed by atoms with Crippen molar-refractivity contribution in [1.82, 2.24) is 9.97 Å². The Morgan fingerprint density at radius 2 is 1.74 bits per heavy atom. The van der Waals surface area contributed by atoms with Crippen LogP contribution in [0.4, 0.5) is 5.69 Å². The number of hydrogen-bond donors (Lipinski definition) is 1. The summed E-state index contributed by atoms with van der Waals surface area (Å²) in [6, 6.07) is 12.4. The third kappa shape index (κ3) is 4.50. The fourth-order valence-electron chi connectivity index (χ4n) is 2.92. The lowest BCUT2D eigenvalue weighted by Gasteiger charge is -2.20. The number of hydrogen-bond acceptors (Lipinski definition) is 5. The number of nitrogens with one attached hydrogen (secondary N) is 1. The van der Waals surface area contributed by atoms with E-state index < -0.39 is 0 Å². The van der Waals surface area contributed by atoms with Crippen molar-refractivity contribution in [3.63, 3.8) is 0 Å². The molecule has 3 rings (SSSR count). The highest BCUT2D eigenvalue weighted by Crippen LogP contribution is 2.34. The van der Waals surface area contributed by atoms with Crippen molar-refractivity contribution in [2.75, 3.05) is 31.7 Å². The van der Waals surface area contributed by atoms with Gasteiger partial charge < -0.3 is 19.4 Å². The van der Waals surface area contributed by atoms with Crippen molar-refractivity contribution in [2.45, 2.75) is 31.7 Å². The van der Waals surface area contributed by atoms with E-state index in [1.807, 2.05) is 26.0 Å². The van der Waals surface area contributed by atoms with Crippen molar-refractivity contribution in [2.24, 2.45) is 0 Å². The summed E-state index contributed by atoms with van der Waals surface area (Å²) in [6.45, 7) is 8.28. The number of H-pyrrole nitrogens is 1. The molecule has 0 aliphatic heterocycles. The third-order valence-electron chi connectivity index (χ3n) is 4.37. The number of aromatic nitrogens is 2. The summed E-state index contributed by atoms with van der Waals surface area (Å²) in [5.41, 5.74) is 4.42.